The van der Waals surface area contributed by atoms with Crippen LogP contribution in [0.4, 0.5) is 0 Å². The number of piperazine rings is 1. The number of likely N-dealkylation sites (N-methyl/N-ethyl adjacent to an activating group) is 1. The topological polar surface area (TPSA) is 6.48 Å². The van der Waals surface area contributed by atoms with Crippen LogP contribution in [0.15, 0.2) is 24.3 Å². The molecule has 0 aromatic rings. The number of unbranched alkanes of at least 4 members (excludes halogenated alkanes) is 9. The summed E-state index contributed by atoms with van der Waals surface area (Å²) in [6.07, 6.45) is 25.5. The van der Waals surface area contributed by atoms with Crippen molar-refractivity contribution < 1.29 is 0 Å². The molecule has 0 spiro atoms. The van der Waals surface area contributed by atoms with Crippen LogP contribution in [0.2, 0.25) is 0 Å². The largest absolute Gasteiger partial charge is 0.304 e. The molecule has 0 aromatic carbocycles. The highest BCUT2D eigenvalue weighted by Crippen LogP contribution is 2.09. The molecule has 0 aliphatic carbocycles. The summed E-state index contributed by atoms with van der Waals surface area (Å²) in [5, 5.41) is 0. The fourth-order valence-electron chi connectivity index (χ4n) is 3.40. The maximum Gasteiger partial charge on any atom is 0.0110 e. The first-order valence-electron chi connectivity index (χ1n) is 11.0. The third-order valence-electron chi connectivity index (χ3n) is 5.27. The number of hydrogen-bond acceptors (Lipinski definition) is 2. The number of rotatable bonds is 15. The summed E-state index contributed by atoms with van der Waals surface area (Å²) in [5.41, 5.74) is 0. The van der Waals surface area contributed by atoms with E-state index in [1.807, 2.05) is 0 Å². The second kappa shape index (κ2) is 16.8. The van der Waals surface area contributed by atoms with Crippen molar-refractivity contribution in [2.45, 2.75) is 84.0 Å². The smallest absolute Gasteiger partial charge is 0.0110 e. The molecule has 0 radical (unpaired) electrons. The molecule has 2 nitrogen and oxygen atoms in total. The minimum Gasteiger partial charge on any atom is -0.304 e. The molecule has 0 amide bonds. The standard InChI is InChI=1S/C23H44N2/c1-3-4-5-6-7-8-9-10-11-12-13-14-15-16-17-18-19-25-22-20-24(2)21-23-25/h7-8,10-11H,3-6,9,12-23H2,1-2H3. The molecule has 1 aliphatic heterocycles. The lowest BCUT2D eigenvalue weighted by Gasteiger charge is -2.32. The third-order valence-corrected chi connectivity index (χ3v) is 5.27. The van der Waals surface area contributed by atoms with Crippen LogP contribution in [0.3, 0.4) is 0 Å². The van der Waals surface area contributed by atoms with E-state index < -0.39 is 0 Å². The normalized spacial score (nSPS) is 17.2. The van der Waals surface area contributed by atoms with Gasteiger partial charge in [0.15, 0.2) is 0 Å². The maximum atomic E-state index is 2.64. The predicted octanol–water partition coefficient (Wildman–Crippen LogP) is 6.05. The van der Waals surface area contributed by atoms with Crippen LogP contribution in [0.25, 0.3) is 0 Å². The monoisotopic (exact) mass is 348 g/mol. The van der Waals surface area contributed by atoms with Crippen LogP contribution in [0.1, 0.15) is 84.0 Å². The second-order valence-electron chi connectivity index (χ2n) is 7.73. The van der Waals surface area contributed by atoms with Gasteiger partial charge in [0, 0.05) is 26.2 Å². The molecular weight excluding hydrogens is 304 g/mol. The van der Waals surface area contributed by atoms with E-state index in [0.717, 1.165) is 6.42 Å². The molecule has 0 atom stereocenters. The predicted molar refractivity (Wildman–Crippen MR) is 113 cm³/mol. The first-order chi connectivity index (χ1) is 12.3. The molecule has 25 heavy (non-hydrogen) atoms. The summed E-state index contributed by atoms with van der Waals surface area (Å²) in [5.74, 6) is 0. The van der Waals surface area contributed by atoms with E-state index in [2.05, 4.69) is 48.1 Å². The first kappa shape index (κ1) is 22.4. The van der Waals surface area contributed by atoms with Crippen molar-refractivity contribution in [1.29, 1.82) is 0 Å². The summed E-state index contributed by atoms with van der Waals surface area (Å²) in [6.45, 7) is 8.64. The lowest BCUT2D eigenvalue weighted by molar-refractivity contribution is 0.152. The number of nitrogens with zero attached hydrogens (tertiary/aromatic N) is 2. The van der Waals surface area contributed by atoms with Crippen LogP contribution >= 0.6 is 0 Å². The Morgan fingerprint density at radius 1 is 0.640 bits per heavy atom. The first-order valence-corrected chi connectivity index (χ1v) is 11.0. The van der Waals surface area contributed by atoms with E-state index >= 15 is 0 Å². The molecule has 1 fully saturated rings. The Hall–Kier alpha value is -0.600. The van der Waals surface area contributed by atoms with Gasteiger partial charge in [0.1, 0.15) is 0 Å². The molecule has 0 N–H and O–H groups in total. The van der Waals surface area contributed by atoms with E-state index in [1.165, 1.54) is 103 Å². The maximum absolute atomic E-state index is 2.64. The molecule has 1 rings (SSSR count). The van der Waals surface area contributed by atoms with Gasteiger partial charge in [-0.25, -0.2) is 0 Å². The molecule has 2 heteroatoms. The van der Waals surface area contributed by atoms with Crippen molar-refractivity contribution in [2.24, 2.45) is 0 Å². The van der Waals surface area contributed by atoms with Gasteiger partial charge in [-0.3, -0.25) is 0 Å². The molecule has 1 aliphatic rings. The highest BCUT2D eigenvalue weighted by molar-refractivity contribution is 4.92. The van der Waals surface area contributed by atoms with E-state index in [4.69, 9.17) is 0 Å². The van der Waals surface area contributed by atoms with Gasteiger partial charge in [0.25, 0.3) is 0 Å². The fraction of sp³-hybridized carbons (Fsp3) is 0.826. The average molecular weight is 349 g/mol. The zero-order valence-corrected chi connectivity index (χ0v) is 17.2. The van der Waals surface area contributed by atoms with Gasteiger partial charge in [-0.15, -0.1) is 0 Å². The van der Waals surface area contributed by atoms with Crippen molar-refractivity contribution in [2.75, 3.05) is 39.8 Å². The SMILES string of the molecule is CCCCCC=CCC=CCCCCCCCCN1CCN(C)CC1. The summed E-state index contributed by atoms with van der Waals surface area (Å²) in [6, 6.07) is 0. The van der Waals surface area contributed by atoms with E-state index in [9.17, 15) is 0 Å². The summed E-state index contributed by atoms with van der Waals surface area (Å²) in [4.78, 5) is 5.08. The van der Waals surface area contributed by atoms with Gasteiger partial charge in [-0.2, -0.15) is 0 Å². The van der Waals surface area contributed by atoms with Crippen molar-refractivity contribution >= 4 is 0 Å². The molecule has 146 valence electrons. The van der Waals surface area contributed by atoms with Crippen molar-refractivity contribution in [1.82, 2.24) is 9.80 Å². The third kappa shape index (κ3) is 14.3. The lowest BCUT2D eigenvalue weighted by Crippen LogP contribution is -2.44. The average Bonchev–Trinajstić information content (AvgIpc) is 2.63. The minimum atomic E-state index is 1.12. The zero-order valence-electron chi connectivity index (χ0n) is 17.2. The highest BCUT2D eigenvalue weighted by Gasteiger charge is 2.12. The Kier molecular flexibility index (Phi) is 15.1. The molecule has 0 unspecified atom stereocenters. The molecular formula is C23H44N2. The van der Waals surface area contributed by atoms with Crippen LogP contribution in [0.5, 0.6) is 0 Å². The van der Waals surface area contributed by atoms with E-state index in [0.29, 0.717) is 0 Å². The van der Waals surface area contributed by atoms with Crippen LogP contribution < -0.4 is 0 Å². The van der Waals surface area contributed by atoms with Gasteiger partial charge >= 0.3 is 0 Å². The van der Waals surface area contributed by atoms with Gasteiger partial charge in [0.05, 0.1) is 0 Å². The Labute approximate surface area is 158 Å². The molecule has 0 saturated carbocycles. The number of allylic oxidation sites excluding steroid dienone is 4. The molecule has 0 aromatic heterocycles. The van der Waals surface area contributed by atoms with Crippen LogP contribution in [-0.4, -0.2) is 49.6 Å². The lowest BCUT2D eigenvalue weighted by atomic mass is 10.1. The van der Waals surface area contributed by atoms with Crippen molar-refractivity contribution in [3.63, 3.8) is 0 Å². The second-order valence-corrected chi connectivity index (χ2v) is 7.73. The summed E-state index contributed by atoms with van der Waals surface area (Å²) < 4.78 is 0. The van der Waals surface area contributed by atoms with Crippen molar-refractivity contribution in [3.8, 4) is 0 Å². The van der Waals surface area contributed by atoms with E-state index in [-0.39, 0.29) is 0 Å². The summed E-state index contributed by atoms with van der Waals surface area (Å²) >= 11 is 0. The Balaban J connectivity index is 1.77. The van der Waals surface area contributed by atoms with Gasteiger partial charge in [0.2, 0.25) is 0 Å². The molecule has 1 saturated heterocycles. The fourth-order valence-corrected chi connectivity index (χ4v) is 3.40. The quantitative estimate of drug-likeness (QED) is 0.263. The Morgan fingerprint density at radius 2 is 1.20 bits per heavy atom. The van der Waals surface area contributed by atoms with Crippen LogP contribution in [0, 0.1) is 0 Å². The van der Waals surface area contributed by atoms with Gasteiger partial charge in [-0.1, -0.05) is 69.8 Å². The van der Waals surface area contributed by atoms with E-state index in [1.54, 1.807) is 0 Å². The summed E-state index contributed by atoms with van der Waals surface area (Å²) in [7, 11) is 2.23. The molecule has 0 bridgehead atoms. The highest BCUT2D eigenvalue weighted by atomic mass is 15.2. The van der Waals surface area contributed by atoms with Crippen LogP contribution in [-0.2, 0) is 0 Å². The zero-order chi connectivity index (χ0) is 18.0. The molecule has 1 heterocycles. The minimum absolute atomic E-state index is 1.12. The van der Waals surface area contributed by atoms with Gasteiger partial charge < -0.3 is 9.80 Å². The Bertz CT molecular complexity index is 327. The van der Waals surface area contributed by atoms with Crippen molar-refractivity contribution in [3.05, 3.63) is 24.3 Å². The van der Waals surface area contributed by atoms with Gasteiger partial charge in [-0.05, 0) is 52.1 Å². The number of hydrogen-bond donors (Lipinski definition) is 0. The Morgan fingerprint density at radius 3 is 1.84 bits per heavy atom.